The molecular formula is C24H27FN2O2. The highest BCUT2D eigenvalue weighted by Gasteiger charge is 2.16. The Morgan fingerprint density at radius 1 is 1.17 bits per heavy atom. The maximum absolute atomic E-state index is 14.1. The van der Waals surface area contributed by atoms with Gasteiger partial charge in [0, 0.05) is 17.6 Å². The van der Waals surface area contributed by atoms with Crippen LogP contribution >= 0.6 is 0 Å². The average molecular weight is 394 g/mol. The molecule has 1 heterocycles. The van der Waals surface area contributed by atoms with E-state index in [0.29, 0.717) is 18.5 Å². The number of nitrogens with one attached hydrogen (secondary N) is 2. The molecular weight excluding hydrogens is 367 g/mol. The van der Waals surface area contributed by atoms with Gasteiger partial charge in [0.25, 0.3) is 5.91 Å². The van der Waals surface area contributed by atoms with Crippen molar-refractivity contribution >= 4 is 16.8 Å². The van der Waals surface area contributed by atoms with Gasteiger partial charge in [-0.15, -0.1) is 0 Å². The van der Waals surface area contributed by atoms with Crippen molar-refractivity contribution in [2.45, 2.75) is 46.0 Å². The Kier molecular flexibility index (Phi) is 5.56. The zero-order chi connectivity index (χ0) is 20.4. The molecule has 0 spiro atoms. The molecule has 0 fully saturated rings. The number of rotatable bonds is 6. The number of hydrogen-bond acceptors (Lipinski definition) is 2. The molecule has 3 aromatic rings. The maximum atomic E-state index is 14.1. The summed E-state index contributed by atoms with van der Waals surface area (Å²) in [4.78, 5) is 15.4. The fourth-order valence-corrected chi connectivity index (χ4v) is 4.36. The number of aromatic amines is 1. The highest BCUT2D eigenvalue weighted by atomic mass is 19.1. The average Bonchev–Trinajstić information content (AvgIpc) is 3.07. The first-order chi connectivity index (χ1) is 14.0. The van der Waals surface area contributed by atoms with Gasteiger partial charge in [-0.1, -0.05) is 18.2 Å². The first kappa shape index (κ1) is 19.5. The van der Waals surface area contributed by atoms with Crippen molar-refractivity contribution in [1.82, 2.24) is 10.3 Å². The Labute approximate surface area is 170 Å². The van der Waals surface area contributed by atoms with Crippen LogP contribution in [0.5, 0.6) is 5.75 Å². The van der Waals surface area contributed by atoms with Gasteiger partial charge in [-0.05, 0) is 80.3 Å². The van der Waals surface area contributed by atoms with Crippen molar-refractivity contribution in [1.29, 1.82) is 0 Å². The van der Waals surface area contributed by atoms with Crippen molar-refractivity contribution in [3.05, 3.63) is 64.1 Å². The molecule has 0 atom stereocenters. The van der Waals surface area contributed by atoms with Crippen LogP contribution in [-0.2, 0) is 24.1 Å². The van der Waals surface area contributed by atoms with Gasteiger partial charge in [-0.3, -0.25) is 4.79 Å². The second kappa shape index (κ2) is 8.27. The van der Waals surface area contributed by atoms with Crippen LogP contribution in [-0.4, -0.2) is 24.0 Å². The summed E-state index contributed by atoms with van der Waals surface area (Å²) in [5.41, 5.74) is 6.15. The third kappa shape index (κ3) is 4.00. The number of aromatic nitrogens is 1. The van der Waals surface area contributed by atoms with Gasteiger partial charge in [0.15, 0.2) is 6.61 Å². The van der Waals surface area contributed by atoms with Crippen molar-refractivity contribution in [3.63, 3.8) is 0 Å². The summed E-state index contributed by atoms with van der Waals surface area (Å²) in [5, 5.41) is 3.85. The van der Waals surface area contributed by atoms with Crippen LogP contribution in [0, 0.1) is 19.7 Å². The summed E-state index contributed by atoms with van der Waals surface area (Å²) in [6, 6.07) is 9.37. The monoisotopic (exact) mass is 394 g/mol. The maximum Gasteiger partial charge on any atom is 0.257 e. The van der Waals surface area contributed by atoms with Gasteiger partial charge >= 0.3 is 0 Å². The van der Waals surface area contributed by atoms with Crippen LogP contribution < -0.4 is 10.1 Å². The molecule has 5 heteroatoms. The van der Waals surface area contributed by atoms with E-state index >= 15 is 0 Å². The Morgan fingerprint density at radius 3 is 2.86 bits per heavy atom. The summed E-state index contributed by atoms with van der Waals surface area (Å²) < 4.78 is 19.9. The fraction of sp³-hybridized carbons (Fsp3) is 0.375. The molecule has 2 aromatic carbocycles. The van der Waals surface area contributed by atoms with Crippen molar-refractivity contribution in [2.75, 3.05) is 13.2 Å². The van der Waals surface area contributed by atoms with E-state index < -0.39 is 0 Å². The number of hydrogen-bond donors (Lipinski definition) is 2. The molecule has 152 valence electrons. The lowest BCUT2D eigenvalue weighted by Crippen LogP contribution is -2.30. The molecule has 29 heavy (non-hydrogen) atoms. The first-order valence-electron chi connectivity index (χ1n) is 10.3. The standard InChI is InChI=1S/C24H27FN2O2/c1-15-10-11-20(25)24-23(15)18(16(2)27-24)12-13-26-22(28)14-29-21-9-5-7-17-6-3-4-8-19(17)21/h5,7,9-11,27H,3-4,6,8,12-14H2,1-2H3,(H,26,28). The van der Waals surface area contributed by atoms with Crippen molar-refractivity contribution < 1.29 is 13.9 Å². The molecule has 2 N–H and O–H groups in total. The first-order valence-corrected chi connectivity index (χ1v) is 10.3. The van der Waals surface area contributed by atoms with Crippen molar-refractivity contribution in [3.8, 4) is 5.75 Å². The van der Waals surface area contributed by atoms with Crippen LogP contribution in [0.3, 0.4) is 0 Å². The fourth-order valence-electron chi connectivity index (χ4n) is 4.36. The normalized spacial score (nSPS) is 13.3. The molecule has 1 aliphatic carbocycles. The summed E-state index contributed by atoms with van der Waals surface area (Å²) in [6.07, 6.45) is 5.13. The topological polar surface area (TPSA) is 54.1 Å². The number of amides is 1. The quantitative estimate of drug-likeness (QED) is 0.645. The molecule has 0 saturated carbocycles. The minimum Gasteiger partial charge on any atom is -0.483 e. The van der Waals surface area contributed by atoms with Crippen LogP contribution in [0.1, 0.15) is 40.8 Å². The van der Waals surface area contributed by atoms with Crippen LogP contribution in [0.4, 0.5) is 4.39 Å². The van der Waals surface area contributed by atoms with Crippen LogP contribution in [0.25, 0.3) is 10.9 Å². The molecule has 0 saturated heterocycles. The number of aryl methyl sites for hydroxylation is 3. The minimum absolute atomic E-state index is 0.0109. The van der Waals surface area contributed by atoms with E-state index in [4.69, 9.17) is 4.74 Å². The third-order valence-corrected chi connectivity index (χ3v) is 5.84. The smallest absolute Gasteiger partial charge is 0.257 e. The second-order valence-corrected chi connectivity index (χ2v) is 7.83. The summed E-state index contributed by atoms with van der Waals surface area (Å²) in [5.74, 6) is 0.443. The summed E-state index contributed by atoms with van der Waals surface area (Å²) in [7, 11) is 0. The molecule has 4 nitrogen and oxygen atoms in total. The predicted molar refractivity (Wildman–Crippen MR) is 113 cm³/mol. The number of fused-ring (bicyclic) bond motifs is 2. The lowest BCUT2D eigenvalue weighted by Gasteiger charge is -2.19. The zero-order valence-corrected chi connectivity index (χ0v) is 17.0. The van der Waals surface area contributed by atoms with E-state index in [-0.39, 0.29) is 18.3 Å². The molecule has 0 aliphatic heterocycles. The van der Waals surface area contributed by atoms with Gasteiger partial charge in [0.1, 0.15) is 11.6 Å². The molecule has 1 aliphatic rings. The second-order valence-electron chi connectivity index (χ2n) is 7.83. The van der Waals surface area contributed by atoms with E-state index in [2.05, 4.69) is 16.4 Å². The van der Waals surface area contributed by atoms with Crippen molar-refractivity contribution in [2.24, 2.45) is 0 Å². The number of H-pyrrole nitrogens is 1. The van der Waals surface area contributed by atoms with Gasteiger partial charge < -0.3 is 15.0 Å². The Hall–Kier alpha value is -2.82. The minimum atomic E-state index is -0.247. The van der Waals surface area contributed by atoms with E-state index in [1.807, 2.05) is 26.0 Å². The highest BCUT2D eigenvalue weighted by Crippen LogP contribution is 2.30. The zero-order valence-electron chi connectivity index (χ0n) is 17.0. The van der Waals surface area contributed by atoms with E-state index in [1.165, 1.54) is 30.0 Å². The van der Waals surface area contributed by atoms with E-state index in [1.54, 1.807) is 6.07 Å². The molecule has 0 unspecified atom stereocenters. The van der Waals surface area contributed by atoms with Gasteiger partial charge in [0.05, 0.1) is 5.52 Å². The van der Waals surface area contributed by atoms with Crippen LogP contribution in [0.2, 0.25) is 0 Å². The number of carbonyl (C=O) groups is 1. The van der Waals surface area contributed by atoms with Gasteiger partial charge in [-0.2, -0.15) is 0 Å². The molecule has 0 bridgehead atoms. The Morgan fingerprint density at radius 2 is 2.00 bits per heavy atom. The van der Waals surface area contributed by atoms with E-state index in [9.17, 15) is 9.18 Å². The molecule has 4 rings (SSSR count). The third-order valence-electron chi connectivity index (χ3n) is 5.84. The number of carbonyl (C=O) groups excluding carboxylic acids is 1. The predicted octanol–water partition coefficient (Wildman–Crippen LogP) is 4.54. The van der Waals surface area contributed by atoms with Gasteiger partial charge in [0.2, 0.25) is 0 Å². The van der Waals surface area contributed by atoms with E-state index in [0.717, 1.165) is 40.8 Å². The number of ether oxygens (including phenoxy) is 1. The number of benzene rings is 2. The van der Waals surface area contributed by atoms with Gasteiger partial charge in [-0.25, -0.2) is 4.39 Å². The molecule has 0 radical (unpaired) electrons. The highest BCUT2D eigenvalue weighted by molar-refractivity contribution is 5.88. The Bertz CT molecular complexity index is 1050. The summed E-state index contributed by atoms with van der Waals surface area (Å²) >= 11 is 0. The lowest BCUT2D eigenvalue weighted by molar-refractivity contribution is -0.123. The molecule has 1 amide bonds. The Balaban J connectivity index is 1.35. The molecule has 1 aromatic heterocycles. The largest absolute Gasteiger partial charge is 0.483 e. The lowest BCUT2D eigenvalue weighted by atomic mass is 9.91. The summed E-state index contributed by atoms with van der Waals surface area (Å²) in [6.45, 7) is 4.42. The number of halogens is 1. The SMILES string of the molecule is Cc1[nH]c2c(F)ccc(C)c2c1CCNC(=O)COc1cccc2c1CCCC2. The van der Waals surface area contributed by atoms with Crippen LogP contribution in [0.15, 0.2) is 30.3 Å².